The van der Waals surface area contributed by atoms with Crippen molar-refractivity contribution >= 4 is 45.0 Å². The first kappa shape index (κ1) is 28.9. The number of benzene rings is 1. The minimum atomic E-state index is -4.04. The fourth-order valence-corrected chi connectivity index (χ4v) is 8.27. The molecule has 216 valence electrons. The molecular weight excluding hydrogens is 583 g/mol. The fraction of sp³-hybridized carbons (Fsp3) is 0.680. The Morgan fingerprint density at radius 3 is 2.41 bits per heavy atom. The molecule has 0 spiro atoms. The van der Waals surface area contributed by atoms with E-state index in [0.29, 0.717) is 35.7 Å². The minimum absolute atomic E-state index is 0.0409. The zero-order valence-corrected chi connectivity index (χ0v) is 23.7. The summed E-state index contributed by atoms with van der Waals surface area (Å²) in [7, 11) is -4.04. The first-order chi connectivity index (χ1) is 18.0. The molecule has 0 aromatic heterocycles. The molecule has 1 heterocycles. The number of halogens is 6. The van der Waals surface area contributed by atoms with E-state index >= 15 is 0 Å². The van der Waals surface area contributed by atoms with Crippen molar-refractivity contribution in [3.8, 4) is 0 Å². The number of hydrogen-bond acceptors (Lipinski definition) is 5. The molecule has 6 rings (SSSR count). The van der Waals surface area contributed by atoms with Crippen LogP contribution in [0.3, 0.4) is 0 Å². The Morgan fingerprint density at radius 1 is 1.21 bits per heavy atom. The standard InChI is InChI=1S/C25H30Cl2F4N4O3S/c1-22(2)19(20(36)32-9-15-8-25(15,30)31)33-21(34-22)23-11-24(12-23,13-23)35(39(37,38)6-5-18(28)29)10-14-3-4-16(26)17(27)7-14/h3-4,7,15,18-19H,5-6,8-13H2,1-2H3,(H,32,36)(H,33,34)/t15-,19-,23?,24?/m0/s1. The molecule has 39 heavy (non-hydrogen) atoms. The summed E-state index contributed by atoms with van der Waals surface area (Å²) in [6.45, 7) is 3.44. The van der Waals surface area contributed by atoms with Crippen molar-refractivity contribution in [1.29, 1.82) is 0 Å². The molecule has 1 amide bonds. The molecule has 2 bridgehead atoms. The maximum atomic E-state index is 13.3. The lowest BCUT2D eigenvalue weighted by atomic mass is 9.38. The van der Waals surface area contributed by atoms with Crippen molar-refractivity contribution in [3.63, 3.8) is 0 Å². The van der Waals surface area contributed by atoms with Gasteiger partial charge in [-0.2, -0.15) is 4.31 Å². The summed E-state index contributed by atoms with van der Waals surface area (Å²) < 4.78 is 80.2. The second kappa shape index (κ2) is 9.46. The van der Waals surface area contributed by atoms with Gasteiger partial charge < -0.3 is 10.6 Å². The maximum Gasteiger partial charge on any atom is 0.253 e. The third-order valence-electron chi connectivity index (χ3n) is 8.38. The number of carbonyl (C=O) groups is 1. The predicted octanol–water partition coefficient (Wildman–Crippen LogP) is 4.62. The number of nitrogens with zero attached hydrogens (tertiary/aromatic N) is 2. The third-order valence-corrected chi connectivity index (χ3v) is 11.1. The first-order valence-corrected chi connectivity index (χ1v) is 15.1. The molecule has 4 saturated carbocycles. The van der Waals surface area contributed by atoms with E-state index in [2.05, 4.69) is 15.6 Å². The lowest BCUT2D eigenvalue weighted by Crippen LogP contribution is -2.78. The minimum Gasteiger partial charge on any atom is -0.366 e. The summed E-state index contributed by atoms with van der Waals surface area (Å²) in [5, 5.41) is 6.46. The van der Waals surface area contributed by atoms with E-state index in [1.807, 2.05) is 0 Å². The van der Waals surface area contributed by atoms with Crippen LogP contribution in [-0.2, 0) is 21.4 Å². The van der Waals surface area contributed by atoms with Gasteiger partial charge in [0.1, 0.15) is 5.84 Å². The van der Waals surface area contributed by atoms with Crippen LogP contribution in [0.4, 0.5) is 17.6 Å². The van der Waals surface area contributed by atoms with E-state index < -0.39 is 68.9 Å². The molecule has 0 saturated heterocycles. The van der Waals surface area contributed by atoms with E-state index in [9.17, 15) is 30.8 Å². The predicted molar refractivity (Wildman–Crippen MR) is 140 cm³/mol. The first-order valence-electron chi connectivity index (χ1n) is 12.7. The Hall–Kier alpha value is -1.63. The SMILES string of the molecule is CC1(C)NC(C23CC(N(Cc4ccc(Cl)c(Cl)c4)S(=O)(=O)CCC(F)F)(C2)C3)=N[C@H]1C(=O)NC[C@@H]1CC1(F)F. The van der Waals surface area contributed by atoms with E-state index in [4.69, 9.17) is 23.2 Å². The zero-order chi connectivity index (χ0) is 28.6. The summed E-state index contributed by atoms with van der Waals surface area (Å²) >= 11 is 12.1. The quantitative estimate of drug-likeness (QED) is 0.357. The largest absolute Gasteiger partial charge is 0.366 e. The van der Waals surface area contributed by atoms with Crippen LogP contribution in [0, 0.1) is 11.3 Å². The van der Waals surface area contributed by atoms with E-state index in [0.717, 1.165) is 0 Å². The summed E-state index contributed by atoms with van der Waals surface area (Å²) in [5.41, 5.74) is -1.42. The molecule has 1 aromatic rings. The maximum absolute atomic E-state index is 13.3. The van der Waals surface area contributed by atoms with Gasteiger partial charge in [-0.1, -0.05) is 29.3 Å². The van der Waals surface area contributed by atoms with E-state index in [1.54, 1.807) is 32.0 Å². The van der Waals surface area contributed by atoms with Gasteiger partial charge in [0.05, 0.1) is 21.3 Å². The third kappa shape index (κ3) is 5.26. The van der Waals surface area contributed by atoms with Gasteiger partial charge in [-0.25, -0.2) is 26.0 Å². The van der Waals surface area contributed by atoms with Crippen LogP contribution in [-0.4, -0.2) is 66.2 Å². The smallest absolute Gasteiger partial charge is 0.253 e. The number of rotatable bonds is 11. The number of hydrogen-bond donors (Lipinski definition) is 2. The zero-order valence-electron chi connectivity index (χ0n) is 21.4. The highest BCUT2D eigenvalue weighted by molar-refractivity contribution is 7.89. The second-order valence-electron chi connectivity index (χ2n) is 11.9. The van der Waals surface area contributed by atoms with Crippen LogP contribution < -0.4 is 10.6 Å². The normalized spacial score (nSPS) is 31.8. The molecule has 4 aliphatic carbocycles. The summed E-state index contributed by atoms with van der Waals surface area (Å²) in [6, 6.07) is 3.94. The highest BCUT2D eigenvalue weighted by Crippen LogP contribution is 2.71. The number of alkyl halides is 4. The van der Waals surface area contributed by atoms with Crippen molar-refractivity contribution in [1.82, 2.24) is 14.9 Å². The van der Waals surface area contributed by atoms with Gasteiger partial charge >= 0.3 is 0 Å². The van der Waals surface area contributed by atoms with Crippen LogP contribution in [0.5, 0.6) is 0 Å². The van der Waals surface area contributed by atoms with Gasteiger partial charge in [0.25, 0.3) is 5.92 Å². The van der Waals surface area contributed by atoms with Crippen molar-refractivity contribution in [2.45, 2.75) is 82.0 Å². The van der Waals surface area contributed by atoms with Crippen LogP contribution in [0.2, 0.25) is 10.0 Å². The molecule has 0 unspecified atom stereocenters. The Kier molecular flexibility index (Phi) is 7.00. The van der Waals surface area contributed by atoms with Gasteiger partial charge in [0.2, 0.25) is 22.4 Å². The fourth-order valence-electron chi connectivity index (χ4n) is 6.13. The molecule has 5 aliphatic rings. The van der Waals surface area contributed by atoms with Gasteiger partial charge in [-0.3, -0.25) is 9.79 Å². The number of nitrogens with one attached hydrogen (secondary N) is 2. The van der Waals surface area contributed by atoms with Crippen molar-refractivity contribution < 1.29 is 30.8 Å². The number of amidine groups is 1. The monoisotopic (exact) mass is 612 g/mol. The van der Waals surface area contributed by atoms with Crippen molar-refractivity contribution in [3.05, 3.63) is 33.8 Å². The van der Waals surface area contributed by atoms with Gasteiger partial charge in [0, 0.05) is 42.8 Å². The number of amides is 1. The van der Waals surface area contributed by atoms with Crippen LogP contribution >= 0.6 is 23.2 Å². The summed E-state index contributed by atoms with van der Waals surface area (Å²) in [4.78, 5) is 17.4. The molecule has 2 N–H and O–H groups in total. The average Bonchev–Trinajstić information content (AvgIpc) is 3.26. The molecule has 14 heteroatoms. The van der Waals surface area contributed by atoms with Crippen molar-refractivity contribution in [2.24, 2.45) is 16.3 Å². The van der Waals surface area contributed by atoms with Gasteiger partial charge in [-0.05, 0) is 50.8 Å². The van der Waals surface area contributed by atoms with Gasteiger partial charge in [-0.15, -0.1) is 0 Å². The lowest BCUT2D eigenvalue weighted by Gasteiger charge is -2.73. The Labute approximate surface area is 234 Å². The second-order valence-corrected chi connectivity index (χ2v) is 14.7. The molecule has 1 aliphatic heterocycles. The highest BCUT2D eigenvalue weighted by Gasteiger charge is 2.75. The molecule has 0 radical (unpaired) electrons. The van der Waals surface area contributed by atoms with Crippen LogP contribution in [0.15, 0.2) is 23.2 Å². The Morgan fingerprint density at radius 2 is 1.85 bits per heavy atom. The number of aliphatic imine (C=N–C) groups is 1. The summed E-state index contributed by atoms with van der Waals surface area (Å²) in [6.07, 6.45) is -2.51. The molecule has 2 atom stereocenters. The highest BCUT2D eigenvalue weighted by atomic mass is 35.5. The van der Waals surface area contributed by atoms with Crippen LogP contribution in [0.1, 0.15) is 51.5 Å². The average molecular weight is 614 g/mol. The Bertz CT molecular complexity index is 1300. The molecule has 7 nitrogen and oxygen atoms in total. The number of sulfonamides is 1. The molecular formula is C25H30Cl2F4N4O3S. The van der Waals surface area contributed by atoms with Crippen molar-refractivity contribution in [2.75, 3.05) is 12.3 Å². The number of carbonyl (C=O) groups excluding carboxylic acids is 1. The van der Waals surface area contributed by atoms with E-state index in [-0.39, 0.29) is 24.5 Å². The van der Waals surface area contributed by atoms with E-state index in [1.165, 1.54) is 4.31 Å². The summed E-state index contributed by atoms with van der Waals surface area (Å²) in [5.74, 6) is -4.12. The molecule has 4 fully saturated rings. The van der Waals surface area contributed by atoms with Gasteiger partial charge in [0.15, 0.2) is 6.04 Å². The lowest BCUT2D eigenvalue weighted by molar-refractivity contribution is -0.151. The topological polar surface area (TPSA) is 90.9 Å². The molecule has 1 aromatic carbocycles. The Balaban J connectivity index is 1.31. The van der Waals surface area contributed by atoms with Crippen LogP contribution in [0.25, 0.3) is 0 Å².